The molecule has 2 rings (SSSR count). The van der Waals surface area contributed by atoms with Crippen LogP contribution in [0.3, 0.4) is 0 Å². The van der Waals surface area contributed by atoms with E-state index in [1.807, 2.05) is 12.1 Å². The first-order chi connectivity index (χ1) is 8.78. The molecule has 1 aliphatic carbocycles. The highest BCUT2D eigenvalue weighted by Crippen LogP contribution is 2.30. The highest BCUT2D eigenvalue weighted by molar-refractivity contribution is 5.60. The summed E-state index contributed by atoms with van der Waals surface area (Å²) in [4.78, 5) is 2.28. The average Bonchev–Trinajstić information content (AvgIpc) is 2.37. The molecule has 3 nitrogen and oxygen atoms in total. The summed E-state index contributed by atoms with van der Waals surface area (Å²) in [6, 6.07) is 7.90. The quantitative estimate of drug-likeness (QED) is 0.866. The lowest BCUT2D eigenvalue weighted by atomic mass is 9.85. The first-order valence-electron chi connectivity index (χ1n) is 6.67. The van der Waals surface area contributed by atoms with Gasteiger partial charge in [0.1, 0.15) is 6.07 Å². The molecule has 1 fully saturated rings. The Morgan fingerprint density at radius 2 is 2.22 bits per heavy atom. The molecule has 1 aliphatic rings. The molecule has 1 aromatic carbocycles. The zero-order valence-corrected chi connectivity index (χ0v) is 10.9. The number of hydrogen-bond donors (Lipinski definition) is 1. The second-order valence-electron chi connectivity index (χ2n) is 4.96. The lowest BCUT2D eigenvalue weighted by Gasteiger charge is -2.33. The molecule has 18 heavy (non-hydrogen) atoms. The molecule has 0 heterocycles. The minimum absolute atomic E-state index is 0.0102. The lowest BCUT2D eigenvalue weighted by Crippen LogP contribution is -2.32. The fourth-order valence-electron chi connectivity index (χ4n) is 2.43. The Hall–Kier alpha value is -1.53. The van der Waals surface area contributed by atoms with E-state index >= 15 is 0 Å². The van der Waals surface area contributed by atoms with E-state index in [0.29, 0.717) is 5.56 Å². The zero-order valence-electron chi connectivity index (χ0n) is 10.9. The van der Waals surface area contributed by atoms with Crippen LogP contribution in [0.1, 0.15) is 37.3 Å². The molecule has 1 N–H and O–H groups in total. The predicted molar refractivity (Wildman–Crippen MR) is 72.3 cm³/mol. The van der Waals surface area contributed by atoms with E-state index < -0.39 is 0 Å². The fraction of sp³-hybridized carbons (Fsp3) is 0.533. The molecule has 96 valence electrons. The van der Waals surface area contributed by atoms with Gasteiger partial charge >= 0.3 is 0 Å². The summed E-state index contributed by atoms with van der Waals surface area (Å²) >= 11 is 0. The third-order valence-corrected chi connectivity index (χ3v) is 3.79. The minimum atomic E-state index is -0.0102. The van der Waals surface area contributed by atoms with Gasteiger partial charge in [-0.15, -0.1) is 0 Å². The fourth-order valence-corrected chi connectivity index (χ4v) is 2.43. The summed E-state index contributed by atoms with van der Waals surface area (Å²) in [6.07, 6.45) is 3.97. The summed E-state index contributed by atoms with van der Waals surface area (Å²) in [5.74, 6) is 0.786. The van der Waals surface area contributed by atoms with Crippen LogP contribution in [0.25, 0.3) is 0 Å². The molecule has 0 spiro atoms. The summed E-state index contributed by atoms with van der Waals surface area (Å²) < 4.78 is 0. The smallest absolute Gasteiger partial charge is 0.101 e. The van der Waals surface area contributed by atoms with E-state index in [2.05, 4.69) is 17.9 Å². The Labute approximate surface area is 109 Å². The number of nitriles is 1. The maximum atomic E-state index is 9.23. The number of aliphatic hydroxyl groups is 1. The maximum absolute atomic E-state index is 9.23. The van der Waals surface area contributed by atoms with Gasteiger partial charge in [0.2, 0.25) is 0 Å². The Morgan fingerprint density at radius 3 is 2.72 bits per heavy atom. The molecular formula is C15H20N2O. The topological polar surface area (TPSA) is 47.3 Å². The van der Waals surface area contributed by atoms with Gasteiger partial charge in [-0.2, -0.15) is 5.26 Å². The van der Waals surface area contributed by atoms with Crippen LogP contribution in [0.4, 0.5) is 5.69 Å². The number of benzene rings is 1. The second kappa shape index (κ2) is 5.88. The number of anilines is 1. The van der Waals surface area contributed by atoms with Crippen molar-refractivity contribution in [1.29, 1.82) is 5.26 Å². The summed E-state index contributed by atoms with van der Waals surface area (Å²) in [7, 11) is 0. The van der Waals surface area contributed by atoms with E-state index in [0.717, 1.165) is 30.3 Å². The van der Waals surface area contributed by atoms with Crippen molar-refractivity contribution in [2.45, 2.75) is 32.8 Å². The van der Waals surface area contributed by atoms with E-state index in [4.69, 9.17) is 5.11 Å². The Balaban J connectivity index is 2.20. The minimum Gasteiger partial charge on any atom is -0.392 e. The Kier molecular flexibility index (Phi) is 4.22. The molecular weight excluding hydrogens is 224 g/mol. The van der Waals surface area contributed by atoms with Crippen LogP contribution < -0.4 is 4.90 Å². The van der Waals surface area contributed by atoms with E-state index in [1.54, 1.807) is 6.07 Å². The van der Waals surface area contributed by atoms with Crippen LogP contribution in [0.5, 0.6) is 0 Å². The van der Waals surface area contributed by atoms with Gasteiger partial charge in [0.05, 0.1) is 17.9 Å². The second-order valence-corrected chi connectivity index (χ2v) is 4.96. The van der Waals surface area contributed by atoms with Crippen molar-refractivity contribution in [3.63, 3.8) is 0 Å². The predicted octanol–water partition coefficient (Wildman–Crippen LogP) is 2.68. The molecule has 3 heteroatoms. The molecule has 0 atom stereocenters. The van der Waals surface area contributed by atoms with Crippen LogP contribution in [0, 0.1) is 17.2 Å². The Bertz CT molecular complexity index is 446. The van der Waals surface area contributed by atoms with Crippen molar-refractivity contribution in [3.8, 4) is 6.07 Å². The number of hydrogen-bond acceptors (Lipinski definition) is 3. The van der Waals surface area contributed by atoms with Gasteiger partial charge in [-0.1, -0.05) is 12.5 Å². The van der Waals surface area contributed by atoms with Gasteiger partial charge in [0.15, 0.2) is 0 Å². The first-order valence-corrected chi connectivity index (χ1v) is 6.67. The molecule has 0 saturated heterocycles. The van der Waals surface area contributed by atoms with Crippen LogP contribution in [0.15, 0.2) is 18.2 Å². The van der Waals surface area contributed by atoms with Gasteiger partial charge in [0, 0.05) is 13.1 Å². The van der Waals surface area contributed by atoms with Gasteiger partial charge in [-0.05, 0) is 43.4 Å². The van der Waals surface area contributed by atoms with Crippen molar-refractivity contribution in [2.75, 3.05) is 18.0 Å². The van der Waals surface area contributed by atoms with Crippen molar-refractivity contribution < 1.29 is 5.11 Å². The van der Waals surface area contributed by atoms with Gasteiger partial charge in [-0.25, -0.2) is 0 Å². The van der Waals surface area contributed by atoms with Crippen molar-refractivity contribution >= 4 is 5.69 Å². The summed E-state index contributed by atoms with van der Waals surface area (Å²) in [5.41, 5.74) is 2.47. The van der Waals surface area contributed by atoms with Crippen LogP contribution >= 0.6 is 0 Å². The standard InChI is InChI=1S/C15H20N2O/c1-2-17(10-12-4-3-5-12)15-7-6-13(11-18)8-14(15)9-16/h6-8,12,18H,2-5,10-11H2,1H3. The SMILES string of the molecule is CCN(CC1CCC1)c1ccc(CO)cc1C#N. The highest BCUT2D eigenvalue weighted by atomic mass is 16.3. The molecule has 0 bridgehead atoms. The molecule has 0 aliphatic heterocycles. The number of rotatable bonds is 5. The zero-order chi connectivity index (χ0) is 13.0. The summed E-state index contributed by atoms with van der Waals surface area (Å²) in [5, 5.41) is 18.3. The van der Waals surface area contributed by atoms with Crippen LogP contribution in [-0.4, -0.2) is 18.2 Å². The molecule has 0 radical (unpaired) electrons. The van der Waals surface area contributed by atoms with Gasteiger partial charge in [0.25, 0.3) is 0 Å². The van der Waals surface area contributed by atoms with Crippen molar-refractivity contribution in [1.82, 2.24) is 0 Å². The van der Waals surface area contributed by atoms with Crippen LogP contribution in [-0.2, 0) is 6.61 Å². The molecule has 0 aromatic heterocycles. The third-order valence-electron chi connectivity index (χ3n) is 3.79. The van der Waals surface area contributed by atoms with E-state index in [1.165, 1.54) is 19.3 Å². The van der Waals surface area contributed by atoms with Gasteiger partial charge < -0.3 is 10.0 Å². The maximum Gasteiger partial charge on any atom is 0.101 e. The highest BCUT2D eigenvalue weighted by Gasteiger charge is 2.21. The average molecular weight is 244 g/mol. The molecule has 1 saturated carbocycles. The van der Waals surface area contributed by atoms with Crippen molar-refractivity contribution in [3.05, 3.63) is 29.3 Å². The normalized spacial score (nSPS) is 14.9. The van der Waals surface area contributed by atoms with Gasteiger partial charge in [-0.3, -0.25) is 0 Å². The Morgan fingerprint density at radius 1 is 1.44 bits per heavy atom. The first kappa shape index (κ1) is 12.9. The third kappa shape index (κ3) is 2.65. The monoisotopic (exact) mass is 244 g/mol. The van der Waals surface area contributed by atoms with E-state index in [9.17, 15) is 5.26 Å². The van der Waals surface area contributed by atoms with Crippen LogP contribution in [0.2, 0.25) is 0 Å². The number of aliphatic hydroxyl groups excluding tert-OH is 1. The molecule has 0 unspecified atom stereocenters. The molecule has 1 aromatic rings. The molecule has 0 amide bonds. The van der Waals surface area contributed by atoms with E-state index in [-0.39, 0.29) is 6.61 Å². The lowest BCUT2D eigenvalue weighted by molar-refractivity contribution is 0.282. The van der Waals surface area contributed by atoms with Crippen molar-refractivity contribution in [2.24, 2.45) is 5.92 Å². The summed E-state index contributed by atoms with van der Waals surface area (Å²) in [6.45, 7) is 4.08. The largest absolute Gasteiger partial charge is 0.392 e. The number of nitrogens with zero attached hydrogens (tertiary/aromatic N) is 2.